The molecule has 0 spiro atoms. The lowest BCUT2D eigenvalue weighted by molar-refractivity contribution is -0.147. The van der Waals surface area contributed by atoms with Crippen molar-refractivity contribution in [2.45, 2.75) is 52.1 Å². The fourth-order valence-corrected chi connectivity index (χ4v) is 3.48. The van der Waals surface area contributed by atoms with Crippen molar-refractivity contribution in [1.82, 2.24) is 9.88 Å². The highest BCUT2D eigenvalue weighted by Crippen LogP contribution is 2.37. The van der Waals surface area contributed by atoms with E-state index in [-0.39, 0.29) is 11.9 Å². The molecule has 1 aliphatic rings. The van der Waals surface area contributed by atoms with Gasteiger partial charge in [0.2, 0.25) is 5.91 Å². The van der Waals surface area contributed by atoms with Crippen LogP contribution in [0.2, 0.25) is 0 Å². The number of carbonyl (C=O) groups excluding carboxylic acids is 1. The Kier molecular flexibility index (Phi) is 4.42. The molecule has 1 N–H and O–H groups in total. The molecule has 20 heavy (non-hydrogen) atoms. The fourth-order valence-electron chi connectivity index (χ4n) is 2.84. The molecule has 1 saturated heterocycles. The smallest absolute Gasteiger partial charge is 0.309 e. The van der Waals surface area contributed by atoms with Crippen LogP contribution in [-0.4, -0.2) is 32.9 Å². The lowest BCUT2D eigenvalue weighted by atomic mass is 9.92. The van der Waals surface area contributed by atoms with Crippen LogP contribution in [0.3, 0.4) is 0 Å². The van der Waals surface area contributed by atoms with E-state index in [1.54, 1.807) is 4.90 Å². The maximum absolute atomic E-state index is 12.3. The van der Waals surface area contributed by atoms with E-state index in [1.807, 2.05) is 26.2 Å². The van der Waals surface area contributed by atoms with Gasteiger partial charge in [0.15, 0.2) is 0 Å². The van der Waals surface area contributed by atoms with Crippen LogP contribution in [0.1, 0.15) is 49.9 Å². The molecule has 2 rings (SSSR count). The standard InChI is InChI=1S/C14H20N2O3S/c1-8(2)16-12(17)6-4-5-10(14(18)19)13(16)11-7-20-9(3)15-11/h7-8,10,13H,4-6H2,1-3H3,(H,18,19). The summed E-state index contributed by atoms with van der Waals surface area (Å²) in [5.74, 6) is -1.40. The predicted octanol–water partition coefficient (Wildman–Crippen LogP) is 2.61. The summed E-state index contributed by atoms with van der Waals surface area (Å²) in [6.07, 6.45) is 1.56. The number of hydrogen-bond acceptors (Lipinski definition) is 4. The van der Waals surface area contributed by atoms with Gasteiger partial charge in [-0.2, -0.15) is 0 Å². The van der Waals surface area contributed by atoms with Crippen LogP contribution in [0.15, 0.2) is 5.38 Å². The molecule has 2 heterocycles. The quantitative estimate of drug-likeness (QED) is 0.930. The van der Waals surface area contributed by atoms with Gasteiger partial charge in [-0.1, -0.05) is 0 Å². The summed E-state index contributed by atoms with van der Waals surface area (Å²) >= 11 is 1.49. The van der Waals surface area contributed by atoms with Gasteiger partial charge in [0.1, 0.15) is 0 Å². The van der Waals surface area contributed by atoms with Crippen LogP contribution >= 0.6 is 11.3 Å². The molecule has 0 aliphatic carbocycles. The third kappa shape index (κ3) is 2.85. The molecule has 2 unspecified atom stereocenters. The SMILES string of the molecule is Cc1nc(C2C(C(=O)O)CCCC(=O)N2C(C)C)cs1. The van der Waals surface area contributed by atoms with E-state index in [9.17, 15) is 14.7 Å². The highest BCUT2D eigenvalue weighted by atomic mass is 32.1. The van der Waals surface area contributed by atoms with E-state index in [0.717, 1.165) is 5.01 Å². The summed E-state index contributed by atoms with van der Waals surface area (Å²) < 4.78 is 0. The van der Waals surface area contributed by atoms with Crippen LogP contribution in [-0.2, 0) is 9.59 Å². The number of rotatable bonds is 3. The van der Waals surface area contributed by atoms with Crippen LogP contribution in [0.5, 0.6) is 0 Å². The molecule has 1 fully saturated rings. The molecule has 0 aromatic carbocycles. The second-order valence-electron chi connectivity index (χ2n) is 5.47. The Hall–Kier alpha value is -1.43. The van der Waals surface area contributed by atoms with Gasteiger partial charge in [-0.05, 0) is 33.6 Å². The first kappa shape index (κ1) is 15.0. The largest absolute Gasteiger partial charge is 0.481 e. The number of aromatic nitrogens is 1. The molecule has 110 valence electrons. The second-order valence-corrected chi connectivity index (χ2v) is 6.53. The molecule has 0 radical (unpaired) electrons. The number of carboxylic acid groups (broad SMARTS) is 1. The average molecular weight is 296 g/mol. The van der Waals surface area contributed by atoms with Crippen molar-refractivity contribution in [2.24, 2.45) is 5.92 Å². The first-order chi connectivity index (χ1) is 9.41. The minimum Gasteiger partial charge on any atom is -0.481 e. The highest BCUT2D eigenvalue weighted by molar-refractivity contribution is 7.09. The van der Waals surface area contributed by atoms with E-state index in [0.29, 0.717) is 25.0 Å². The van der Waals surface area contributed by atoms with E-state index in [4.69, 9.17) is 0 Å². The minimum atomic E-state index is -0.846. The molecule has 1 amide bonds. The molecule has 5 nitrogen and oxygen atoms in total. The van der Waals surface area contributed by atoms with Crippen LogP contribution in [0.4, 0.5) is 0 Å². The van der Waals surface area contributed by atoms with Gasteiger partial charge in [-0.3, -0.25) is 9.59 Å². The van der Waals surface area contributed by atoms with Crippen LogP contribution in [0.25, 0.3) is 0 Å². The van der Waals surface area contributed by atoms with Crippen molar-refractivity contribution in [3.8, 4) is 0 Å². The molecule has 1 aliphatic heterocycles. The Morgan fingerprint density at radius 3 is 2.75 bits per heavy atom. The maximum atomic E-state index is 12.3. The van der Waals surface area contributed by atoms with Crippen molar-refractivity contribution in [1.29, 1.82) is 0 Å². The van der Waals surface area contributed by atoms with Gasteiger partial charge < -0.3 is 10.0 Å². The average Bonchev–Trinajstić information content (AvgIpc) is 2.68. The van der Waals surface area contributed by atoms with Gasteiger partial charge in [-0.25, -0.2) is 4.98 Å². The summed E-state index contributed by atoms with van der Waals surface area (Å²) in [7, 11) is 0. The molecule has 1 aromatic rings. The lowest BCUT2D eigenvalue weighted by Gasteiger charge is -2.35. The van der Waals surface area contributed by atoms with E-state index in [2.05, 4.69) is 4.98 Å². The number of carboxylic acids is 1. The van der Waals surface area contributed by atoms with E-state index >= 15 is 0 Å². The number of nitrogens with zero attached hydrogens (tertiary/aromatic N) is 2. The molecule has 2 atom stereocenters. The van der Waals surface area contributed by atoms with Gasteiger partial charge in [0.25, 0.3) is 0 Å². The highest BCUT2D eigenvalue weighted by Gasteiger charge is 2.40. The number of likely N-dealkylation sites (tertiary alicyclic amines) is 1. The van der Waals surface area contributed by atoms with Gasteiger partial charge >= 0.3 is 5.97 Å². The Morgan fingerprint density at radius 2 is 2.25 bits per heavy atom. The summed E-state index contributed by atoms with van der Waals surface area (Å²) in [6.45, 7) is 5.74. The fraction of sp³-hybridized carbons (Fsp3) is 0.643. The van der Waals surface area contributed by atoms with Gasteiger partial charge in [-0.15, -0.1) is 11.3 Å². The zero-order chi connectivity index (χ0) is 14.9. The Balaban J connectivity index is 2.48. The molecular weight excluding hydrogens is 276 g/mol. The number of hydrogen-bond donors (Lipinski definition) is 1. The molecule has 0 bridgehead atoms. The summed E-state index contributed by atoms with van der Waals surface area (Å²) in [5, 5.41) is 12.3. The first-order valence-corrected chi connectivity index (χ1v) is 7.75. The Labute approximate surface area is 122 Å². The Bertz CT molecular complexity index is 512. The van der Waals surface area contributed by atoms with Crippen molar-refractivity contribution < 1.29 is 14.7 Å². The summed E-state index contributed by atoms with van der Waals surface area (Å²) in [5.41, 5.74) is 0.712. The van der Waals surface area contributed by atoms with Crippen LogP contribution < -0.4 is 0 Å². The third-order valence-electron chi connectivity index (χ3n) is 3.69. The normalized spacial score (nSPS) is 24.0. The van der Waals surface area contributed by atoms with Crippen molar-refractivity contribution >= 4 is 23.2 Å². The number of aryl methyl sites for hydroxylation is 1. The number of thiazole rings is 1. The summed E-state index contributed by atoms with van der Waals surface area (Å²) in [4.78, 5) is 30.1. The van der Waals surface area contributed by atoms with Crippen molar-refractivity contribution in [2.75, 3.05) is 0 Å². The zero-order valence-electron chi connectivity index (χ0n) is 12.0. The lowest BCUT2D eigenvalue weighted by Crippen LogP contribution is -2.43. The van der Waals surface area contributed by atoms with E-state index in [1.165, 1.54) is 11.3 Å². The topological polar surface area (TPSA) is 70.5 Å². The number of amides is 1. The minimum absolute atomic E-state index is 0.0272. The maximum Gasteiger partial charge on any atom is 0.309 e. The molecule has 1 aromatic heterocycles. The predicted molar refractivity (Wildman–Crippen MR) is 76.6 cm³/mol. The summed E-state index contributed by atoms with van der Waals surface area (Å²) in [6, 6.07) is -0.484. The van der Waals surface area contributed by atoms with Crippen molar-refractivity contribution in [3.63, 3.8) is 0 Å². The van der Waals surface area contributed by atoms with Gasteiger partial charge in [0, 0.05) is 17.8 Å². The van der Waals surface area contributed by atoms with Crippen molar-refractivity contribution in [3.05, 3.63) is 16.1 Å². The Morgan fingerprint density at radius 1 is 1.55 bits per heavy atom. The third-order valence-corrected chi connectivity index (χ3v) is 4.48. The monoisotopic (exact) mass is 296 g/mol. The number of carbonyl (C=O) groups is 2. The van der Waals surface area contributed by atoms with E-state index < -0.39 is 17.9 Å². The molecule has 0 saturated carbocycles. The van der Waals surface area contributed by atoms with Crippen LogP contribution in [0, 0.1) is 12.8 Å². The van der Waals surface area contributed by atoms with Gasteiger partial charge in [0.05, 0.1) is 22.7 Å². The number of aliphatic carboxylic acids is 1. The second kappa shape index (κ2) is 5.91. The zero-order valence-corrected chi connectivity index (χ0v) is 12.8. The first-order valence-electron chi connectivity index (χ1n) is 6.87. The molecule has 6 heteroatoms. The molecular formula is C14H20N2O3S.